The second-order valence-electron chi connectivity index (χ2n) is 16.6. The molecule has 0 saturated heterocycles. The lowest BCUT2D eigenvalue weighted by Gasteiger charge is -2.19. The molecule has 0 aromatic carbocycles. The first kappa shape index (κ1) is 55.0. The van der Waals surface area contributed by atoms with Crippen molar-refractivity contribution in [3.63, 3.8) is 0 Å². The summed E-state index contributed by atoms with van der Waals surface area (Å²) in [6.45, 7) is 3.94. The molecule has 0 aliphatic carbocycles. The summed E-state index contributed by atoms with van der Waals surface area (Å²) >= 11 is 0. The van der Waals surface area contributed by atoms with Crippen molar-refractivity contribution in [1.82, 2.24) is 0 Å². The first-order valence-corrected chi connectivity index (χ1v) is 25.7. The minimum atomic E-state index is -4.26. The third-order valence-corrected chi connectivity index (χ3v) is 12.0. The number of rotatable bonds is 46. The van der Waals surface area contributed by atoms with Gasteiger partial charge < -0.3 is 14.4 Å². The van der Waals surface area contributed by atoms with Gasteiger partial charge >= 0.3 is 19.8 Å². The van der Waals surface area contributed by atoms with E-state index in [9.17, 15) is 19.0 Å². The second kappa shape index (κ2) is 43.6. The number of phosphoric ester groups is 1. The smallest absolute Gasteiger partial charge is 0.462 e. The van der Waals surface area contributed by atoms with Crippen LogP contribution < -0.4 is 0 Å². The molecule has 2 atom stereocenters. The van der Waals surface area contributed by atoms with E-state index in [4.69, 9.17) is 14.0 Å². The summed E-state index contributed by atoms with van der Waals surface area (Å²) in [5.74, 6) is -0.782. The maximum atomic E-state index is 12.5. The highest BCUT2D eigenvalue weighted by molar-refractivity contribution is 7.47. The van der Waals surface area contributed by atoms with Gasteiger partial charge in [-0.2, -0.15) is 0 Å². The molecule has 334 valence electrons. The number of esters is 2. The molecule has 0 bridgehead atoms. The van der Waals surface area contributed by atoms with Gasteiger partial charge in [-0.25, -0.2) is 4.57 Å². The zero-order valence-electron chi connectivity index (χ0n) is 37.3. The number of ether oxygens (including phenoxy) is 2. The first-order valence-electron chi connectivity index (χ1n) is 24.2. The van der Waals surface area contributed by atoms with E-state index in [2.05, 4.69) is 18.4 Å². The van der Waals surface area contributed by atoms with E-state index in [-0.39, 0.29) is 25.6 Å². The van der Waals surface area contributed by atoms with Gasteiger partial charge in [0.15, 0.2) is 6.10 Å². The predicted octanol–water partition coefficient (Wildman–Crippen LogP) is 15.5. The average Bonchev–Trinajstić information content (AvgIpc) is 3.19. The molecule has 56 heavy (non-hydrogen) atoms. The highest BCUT2D eigenvalue weighted by atomic mass is 31.2. The van der Waals surface area contributed by atoms with Gasteiger partial charge in [-0.15, -0.1) is 0 Å². The second-order valence-corrected chi connectivity index (χ2v) is 18.2. The van der Waals surface area contributed by atoms with E-state index in [1.807, 2.05) is 0 Å². The Morgan fingerprint density at radius 3 is 0.982 bits per heavy atom. The Balaban J connectivity index is 3.87. The Morgan fingerprint density at radius 1 is 0.429 bits per heavy atom. The van der Waals surface area contributed by atoms with Gasteiger partial charge in [0.25, 0.3) is 0 Å². The summed E-state index contributed by atoms with van der Waals surface area (Å²) in [6, 6.07) is 0. The highest BCUT2D eigenvalue weighted by Gasteiger charge is 2.24. The van der Waals surface area contributed by atoms with Crippen LogP contribution in [0.15, 0.2) is 0 Å². The molecular weight excluding hydrogens is 723 g/mol. The maximum absolute atomic E-state index is 12.5. The standard InChI is InChI=1S/C47H93O8P/c1-4-6-8-10-12-14-16-18-20-22-24-26-28-30-32-34-36-38-40-42-47(49)55-45(44-54-56(50,51)52-3)43-53-46(48)41-39-37-35-33-31-29-27-25-23-21-19-17-15-13-11-9-7-5-2/h45H,4-44H2,1-3H3,(H,50,51). The summed E-state index contributed by atoms with van der Waals surface area (Å²) in [7, 11) is -3.19. The maximum Gasteiger partial charge on any atom is 0.472 e. The Morgan fingerprint density at radius 2 is 0.696 bits per heavy atom. The van der Waals surface area contributed by atoms with Gasteiger partial charge in [0.1, 0.15) is 6.61 Å². The number of phosphoric acid groups is 1. The van der Waals surface area contributed by atoms with Crippen molar-refractivity contribution in [2.75, 3.05) is 20.3 Å². The van der Waals surface area contributed by atoms with E-state index in [0.717, 1.165) is 45.6 Å². The lowest BCUT2D eigenvalue weighted by molar-refractivity contribution is -0.161. The largest absolute Gasteiger partial charge is 0.472 e. The molecule has 0 saturated carbocycles. The fourth-order valence-electron chi connectivity index (χ4n) is 7.37. The minimum Gasteiger partial charge on any atom is -0.462 e. The molecule has 0 spiro atoms. The van der Waals surface area contributed by atoms with Crippen molar-refractivity contribution in [1.29, 1.82) is 0 Å². The Hall–Kier alpha value is -0.950. The lowest BCUT2D eigenvalue weighted by atomic mass is 10.0. The van der Waals surface area contributed by atoms with Crippen molar-refractivity contribution in [3.05, 3.63) is 0 Å². The molecule has 8 nitrogen and oxygen atoms in total. The fraction of sp³-hybridized carbons (Fsp3) is 0.957. The van der Waals surface area contributed by atoms with E-state index in [0.29, 0.717) is 6.42 Å². The molecule has 0 radical (unpaired) electrons. The molecule has 0 rings (SSSR count). The molecule has 0 aromatic rings. The summed E-state index contributed by atoms with van der Waals surface area (Å²) in [5, 5.41) is 0. The normalized spacial score (nSPS) is 13.1. The zero-order chi connectivity index (χ0) is 41.1. The third kappa shape index (κ3) is 42.7. The van der Waals surface area contributed by atoms with E-state index in [1.165, 1.54) is 199 Å². The van der Waals surface area contributed by atoms with Crippen LogP contribution >= 0.6 is 7.82 Å². The average molecular weight is 817 g/mol. The van der Waals surface area contributed by atoms with Crippen molar-refractivity contribution in [2.24, 2.45) is 0 Å². The summed E-state index contributed by atoms with van der Waals surface area (Å²) in [4.78, 5) is 34.6. The van der Waals surface area contributed by atoms with Gasteiger partial charge in [0.05, 0.1) is 6.61 Å². The Bertz CT molecular complexity index is 884. The quantitative estimate of drug-likeness (QED) is 0.0368. The number of unbranched alkanes of at least 4 members (excludes halogenated alkanes) is 35. The molecule has 2 unspecified atom stereocenters. The van der Waals surface area contributed by atoms with E-state index >= 15 is 0 Å². The molecule has 0 aromatic heterocycles. The van der Waals surface area contributed by atoms with Gasteiger partial charge in [0, 0.05) is 20.0 Å². The zero-order valence-corrected chi connectivity index (χ0v) is 38.2. The summed E-state index contributed by atoms with van der Waals surface area (Å²) < 4.78 is 32.1. The van der Waals surface area contributed by atoms with E-state index in [1.54, 1.807) is 0 Å². The first-order chi connectivity index (χ1) is 27.3. The number of carbonyl (C=O) groups is 2. The highest BCUT2D eigenvalue weighted by Crippen LogP contribution is 2.42. The molecule has 1 N–H and O–H groups in total. The van der Waals surface area contributed by atoms with Crippen LogP contribution in [0.1, 0.15) is 264 Å². The molecule has 0 aliphatic heterocycles. The van der Waals surface area contributed by atoms with Crippen molar-refractivity contribution < 1.29 is 37.6 Å². The summed E-state index contributed by atoms with van der Waals surface area (Å²) in [5.41, 5.74) is 0. The molecule has 0 aliphatic rings. The van der Waals surface area contributed by atoms with Crippen molar-refractivity contribution in [2.45, 2.75) is 270 Å². The Kier molecular flexibility index (Phi) is 42.9. The summed E-state index contributed by atoms with van der Waals surface area (Å²) in [6.07, 6.45) is 47.3. The van der Waals surface area contributed by atoms with Gasteiger partial charge in [-0.1, -0.05) is 239 Å². The van der Waals surface area contributed by atoms with Gasteiger partial charge in [-0.3, -0.25) is 18.6 Å². The van der Waals surface area contributed by atoms with Crippen molar-refractivity contribution in [3.8, 4) is 0 Å². The van der Waals surface area contributed by atoms with Crippen LogP contribution in [0.25, 0.3) is 0 Å². The van der Waals surface area contributed by atoms with Gasteiger partial charge in [-0.05, 0) is 12.8 Å². The van der Waals surface area contributed by atoms with Crippen LogP contribution in [0.5, 0.6) is 0 Å². The molecule has 9 heteroatoms. The predicted molar refractivity (Wildman–Crippen MR) is 235 cm³/mol. The monoisotopic (exact) mass is 817 g/mol. The molecule has 0 heterocycles. The third-order valence-electron chi connectivity index (χ3n) is 11.1. The number of hydrogen-bond donors (Lipinski definition) is 1. The van der Waals surface area contributed by atoms with Crippen molar-refractivity contribution >= 4 is 19.8 Å². The van der Waals surface area contributed by atoms with Crippen LogP contribution in [0.4, 0.5) is 0 Å². The van der Waals surface area contributed by atoms with Crippen LogP contribution in [0, 0.1) is 0 Å². The fourth-order valence-corrected chi connectivity index (χ4v) is 7.83. The van der Waals surface area contributed by atoms with E-state index < -0.39 is 19.9 Å². The lowest BCUT2D eigenvalue weighted by Crippen LogP contribution is -2.29. The van der Waals surface area contributed by atoms with Crippen LogP contribution in [-0.4, -0.2) is 43.3 Å². The van der Waals surface area contributed by atoms with Gasteiger partial charge in [0.2, 0.25) is 0 Å². The van der Waals surface area contributed by atoms with Crippen LogP contribution in [-0.2, 0) is 32.7 Å². The Labute approximate surface area is 347 Å². The molecular formula is C47H93O8P. The molecule has 0 amide bonds. The minimum absolute atomic E-state index is 0.216. The topological polar surface area (TPSA) is 108 Å². The van der Waals surface area contributed by atoms with Crippen LogP contribution in [0.2, 0.25) is 0 Å². The number of carbonyl (C=O) groups excluding carboxylic acids is 2. The SMILES string of the molecule is CCCCCCCCCCCCCCCCCCCCCC(=O)OC(COC(=O)CCCCCCCCCCCCCCCCCCCC)COP(=O)(O)OC. The number of hydrogen-bond acceptors (Lipinski definition) is 7. The van der Waals surface area contributed by atoms with Crippen LogP contribution in [0.3, 0.4) is 0 Å². The molecule has 0 fully saturated rings.